The van der Waals surface area contributed by atoms with E-state index in [1.807, 2.05) is 48.6 Å². The number of nitrogens with one attached hydrogen (secondary N) is 1. The predicted octanol–water partition coefficient (Wildman–Crippen LogP) is 4.15. The number of amides is 2. The van der Waals surface area contributed by atoms with Crippen molar-refractivity contribution >= 4 is 24.2 Å². The summed E-state index contributed by atoms with van der Waals surface area (Å²) in [4.78, 5) is 30.3. The van der Waals surface area contributed by atoms with Crippen LogP contribution in [0.2, 0.25) is 0 Å². The van der Waals surface area contributed by atoms with Crippen LogP contribution in [0.5, 0.6) is 5.75 Å². The fourth-order valence-corrected chi connectivity index (χ4v) is 3.44. The molecule has 0 unspecified atom stereocenters. The van der Waals surface area contributed by atoms with Gasteiger partial charge < -0.3 is 19.7 Å². The molecule has 0 saturated carbocycles. The number of nitrogens with zero attached hydrogens (tertiary/aromatic N) is 2. The first-order chi connectivity index (χ1) is 15.4. The van der Waals surface area contributed by atoms with Crippen molar-refractivity contribution in [2.75, 3.05) is 19.7 Å². The van der Waals surface area contributed by atoms with Gasteiger partial charge in [0.25, 0.3) is 5.91 Å². The quantitative estimate of drug-likeness (QED) is 0.704. The minimum Gasteiger partial charge on any atom is -0.478 e. The molecule has 1 saturated heterocycles. The zero-order valence-corrected chi connectivity index (χ0v) is 18.9. The van der Waals surface area contributed by atoms with Crippen LogP contribution in [-0.2, 0) is 9.53 Å². The number of aromatic nitrogens is 1. The van der Waals surface area contributed by atoms with Crippen molar-refractivity contribution < 1.29 is 19.1 Å². The Hall–Kier alpha value is -3.35. The first-order valence-corrected chi connectivity index (χ1v) is 11.0. The van der Waals surface area contributed by atoms with Crippen molar-refractivity contribution in [1.82, 2.24) is 15.2 Å². The second-order valence-corrected chi connectivity index (χ2v) is 8.23. The maximum absolute atomic E-state index is 12.8. The number of rotatable bonds is 7. The molecule has 2 amide bonds. The van der Waals surface area contributed by atoms with E-state index in [1.54, 1.807) is 38.1 Å². The number of pyridine rings is 1. The summed E-state index contributed by atoms with van der Waals surface area (Å²) >= 11 is 0. The molecule has 1 aliphatic rings. The van der Waals surface area contributed by atoms with Gasteiger partial charge in [0.05, 0.1) is 6.61 Å². The summed E-state index contributed by atoms with van der Waals surface area (Å²) in [6.45, 7) is 6.81. The van der Waals surface area contributed by atoms with Gasteiger partial charge in [0.2, 0.25) is 0 Å². The molecule has 170 valence electrons. The summed E-state index contributed by atoms with van der Waals surface area (Å²) in [5.41, 5.74) is 1.09. The Labute approximate surface area is 189 Å². The van der Waals surface area contributed by atoms with Gasteiger partial charge in [0, 0.05) is 31.5 Å². The molecule has 0 spiro atoms. The van der Waals surface area contributed by atoms with E-state index in [2.05, 4.69) is 10.3 Å². The highest BCUT2D eigenvalue weighted by molar-refractivity contribution is 5.85. The lowest BCUT2D eigenvalue weighted by Crippen LogP contribution is -2.53. The van der Waals surface area contributed by atoms with Gasteiger partial charge in [-0.3, -0.25) is 9.78 Å². The highest BCUT2D eigenvalue weighted by atomic mass is 16.6. The Bertz CT molecular complexity index is 918. The van der Waals surface area contributed by atoms with Gasteiger partial charge in [-0.2, -0.15) is 0 Å². The summed E-state index contributed by atoms with van der Waals surface area (Å²) in [6.07, 6.45) is 8.64. The van der Waals surface area contributed by atoms with Crippen LogP contribution in [0.25, 0.3) is 12.2 Å². The average Bonchev–Trinajstić information content (AvgIpc) is 2.80. The summed E-state index contributed by atoms with van der Waals surface area (Å²) < 4.78 is 11.0. The Balaban J connectivity index is 1.50. The van der Waals surface area contributed by atoms with Crippen molar-refractivity contribution in [3.63, 3.8) is 0 Å². The molecule has 1 aromatic heterocycles. The summed E-state index contributed by atoms with van der Waals surface area (Å²) in [7, 11) is 0. The van der Waals surface area contributed by atoms with E-state index in [0.29, 0.717) is 38.3 Å². The number of hydrogen-bond donors (Lipinski definition) is 1. The lowest BCUT2D eigenvalue weighted by molar-refractivity contribution is -0.135. The first-order valence-electron chi connectivity index (χ1n) is 11.0. The van der Waals surface area contributed by atoms with Crippen molar-refractivity contribution in [2.45, 2.75) is 45.3 Å². The third-order valence-electron chi connectivity index (χ3n) is 5.33. The van der Waals surface area contributed by atoms with Gasteiger partial charge in [-0.05, 0) is 69.0 Å². The molecule has 1 N–H and O–H groups in total. The third-order valence-corrected chi connectivity index (χ3v) is 5.33. The molecule has 1 aliphatic heterocycles. The van der Waals surface area contributed by atoms with Crippen LogP contribution in [0.4, 0.5) is 4.79 Å². The van der Waals surface area contributed by atoms with Gasteiger partial charge in [0.15, 0.2) is 5.60 Å². The van der Waals surface area contributed by atoms with Gasteiger partial charge in [0.1, 0.15) is 5.75 Å². The van der Waals surface area contributed by atoms with Crippen LogP contribution >= 0.6 is 0 Å². The summed E-state index contributed by atoms with van der Waals surface area (Å²) in [5.74, 6) is 0.456. The number of benzene rings is 1. The lowest BCUT2D eigenvalue weighted by atomic mass is 10.0. The maximum atomic E-state index is 12.8. The number of piperidine rings is 1. The Morgan fingerprint density at radius 3 is 2.25 bits per heavy atom. The zero-order chi connectivity index (χ0) is 23.0. The lowest BCUT2D eigenvalue weighted by Gasteiger charge is -2.34. The second kappa shape index (κ2) is 10.8. The molecule has 0 aliphatic carbocycles. The topological polar surface area (TPSA) is 80.8 Å². The number of carbonyl (C=O) groups excluding carboxylic acids is 2. The fraction of sp³-hybridized carbons (Fsp3) is 0.400. The van der Waals surface area contributed by atoms with Crippen molar-refractivity contribution in [1.29, 1.82) is 0 Å². The van der Waals surface area contributed by atoms with Gasteiger partial charge in [-0.25, -0.2) is 4.79 Å². The average molecular weight is 438 g/mol. The summed E-state index contributed by atoms with van der Waals surface area (Å²) in [5, 5.41) is 3.06. The van der Waals surface area contributed by atoms with Crippen LogP contribution < -0.4 is 10.1 Å². The van der Waals surface area contributed by atoms with E-state index < -0.39 is 5.60 Å². The van der Waals surface area contributed by atoms with Crippen LogP contribution in [-0.4, -0.2) is 53.2 Å². The molecule has 3 rings (SSSR count). The standard InChI is InChI=1S/C25H31N3O4/c1-4-31-24(30)28-17-13-21(14-18-28)27-23(29)25(2,3)32-22-9-7-19(8-10-22)5-6-20-11-15-26-16-12-20/h5-12,15-16,21H,4,13-14,17-18H2,1-3H3,(H,27,29)/b6-5+. The molecule has 1 fully saturated rings. The molecule has 32 heavy (non-hydrogen) atoms. The van der Waals surface area contributed by atoms with Crippen LogP contribution in [0.15, 0.2) is 48.8 Å². The number of likely N-dealkylation sites (tertiary alicyclic amines) is 1. The van der Waals surface area contributed by atoms with Crippen LogP contribution in [0.3, 0.4) is 0 Å². The highest BCUT2D eigenvalue weighted by Crippen LogP contribution is 2.21. The summed E-state index contributed by atoms with van der Waals surface area (Å²) in [6, 6.07) is 11.5. The van der Waals surface area contributed by atoms with E-state index in [9.17, 15) is 9.59 Å². The van der Waals surface area contributed by atoms with E-state index in [1.165, 1.54) is 0 Å². The van der Waals surface area contributed by atoms with Crippen molar-refractivity contribution in [3.8, 4) is 5.75 Å². The first kappa shape index (κ1) is 23.3. The largest absolute Gasteiger partial charge is 0.478 e. The molecule has 2 aromatic rings. The second-order valence-electron chi connectivity index (χ2n) is 8.23. The predicted molar refractivity (Wildman–Crippen MR) is 124 cm³/mol. The van der Waals surface area contributed by atoms with Gasteiger partial charge in [-0.15, -0.1) is 0 Å². The van der Waals surface area contributed by atoms with Crippen molar-refractivity contribution in [3.05, 3.63) is 59.9 Å². The van der Waals surface area contributed by atoms with Gasteiger partial charge in [-0.1, -0.05) is 24.3 Å². The molecule has 1 aromatic carbocycles. The Morgan fingerprint density at radius 2 is 1.66 bits per heavy atom. The van der Waals surface area contributed by atoms with Crippen molar-refractivity contribution in [2.24, 2.45) is 0 Å². The van der Waals surface area contributed by atoms with E-state index in [0.717, 1.165) is 11.1 Å². The SMILES string of the molecule is CCOC(=O)N1CCC(NC(=O)C(C)(C)Oc2ccc(/C=C/c3ccncc3)cc2)CC1. The van der Waals surface area contributed by atoms with Crippen LogP contribution in [0, 0.1) is 0 Å². The van der Waals surface area contributed by atoms with E-state index >= 15 is 0 Å². The van der Waals surface area contributed by atoms with E-state index in [4.69, 9.17) is 9.47 Å². The third kappa shape index (κ3) is 6.57. The van der Waals surface area contributed by atoms with Gasteiger partial charge >= 0.3 is 6.09 Å². The molecule has 2 heterocycles. The normalized spacial score (nSPS) is 14.9. The van der Waals surface area contributed by atoms with E-state index in [-0.39, 0.29) is 18.0 Å². The number of ether oxygens (including phenoxy) is 2. The monoisotopic (exact) mass is 437 g/mol. The fourth-order valence-electron chi connectivity index (χ4n) is 3.44. The molecule has 0 atom stereocenters. The highest BCUT2D eigenvalue weighted by Gasteiger charge is 2.33. The minimum atomic E-state index is -1.02. The zero-order valence-electron chi connectivity index (χ0n) is 18.9. The molecule has 0 radical (unpaired) electrons. The molecule has 0 bridgehead atoms. The number of carbonyl (C=O) groups is 2. The molecule has 7 heteroatoms. The van der Waals surface area contributed by atoms with Crippen LogP contribution in [0.1, 0.15) is 44.7 Å². The number of hydrogen-bond acceptors (Lipinski definition) is 5. The minimum absolute atomic E-state index is 0.0109. The Morgan fingerprint density at radius 1 is 1.06 bits per heavy atom. The molecular weight excluding hydrogens is 406 g/mol. The smallest absolute Gasteiger partial charge is 0.409 e. The Kier molecular flexibility index (Phi) is 7.87. The maximum Gasteiger partial charge on any atom is 0.409 e. The molecular formula is C25H31N3O4. The molecule has 7 nitrogen and oxygen atoms in total.